The molecule has 3 unspecified atom stereocenters. The highest BCUT2D eigenvalue weighted by atomic mass is 32.2. The summed E-state index contributed by atoms with van der Waals surface area (Å²) in [5, 5.41) is 14.1. The quantitative estimate of drug-likeness (QED) is 0.0840. The Bertz CT molecular complexity index is 1390. The first kappa shape index (κ1) is 35.3. The summed E-state index contributed by atoms with van der Waals surface area (Å²) in [5.74, 6) is 5.05. The van der Waals surface area contributed by atoms with Crippen LogP contribution in [0.25, 0.3) is 5.65 Å². The fraction of sp³-hybridized carbons (Fsp3) is 0.536. The Kier molecular flexibility index (Phi) is 13.9. The maximum atomic E-state index is 15.4. The fourth-order valence-corrected chi connectivity index (χ4v) is 5.47. The zero-order chi connectivity index (χ0) is 32.1. The van der Waals surface area contributed by atoms with Crippen molar-refractivity contribution in [2.75, 3.05) is 65.5 Å². The van der Waals surface area contributed by atoms with Gasteiger partial charge in [-0.3, -0.25) is 13.9 Å². The van der Waals surface area contributed by atoms with Gasteiger partial charge in [-0.2, -0.15) is 18.3 Å². The number of pyridine rings is 1. The molecule has 0 bridgehead atoms. The van der Waals surface area contributed by atoms with Gasteiger partial charge in [-0.25, -0.2) is 9.37 Å². The van der Waals surface area contributed by atoms with E-state index in [0.29, 0.717) is 57.2 Å². The number of thioether (sulfide) groups is 1. The molecule has 0 radical (unpaired) electrons. The van der Waals surface area contributed by atoms with Crippen LogP contribution in [0.2, 0.25) is 0 Å². The number of carbonyl (C=O) groups excluding carboxylic acids is 1. The van der Waals surface area contributed by atoms with Crippen molar-refractivity contribution in [1.82, 2.24) is 24.1 Å². The van der Waals surface area contributed by atoms with E-state index in [4.69, 9.17) is 20.3 Å². The largest absolute Gasteiger partial charge is 0.447 e. The van der Waals surface area contributed by atoms with E-state index in [0.717, 1.165) is 13.4 Å². The van der Waals surface area contributed by atoms with Gasteiger partial charge in [-0.15, -0.1) is 0 Å². The number of alkyl halides is 4. The molecule has 0 aliphatic carbocycles. The Balaban J connectivity index is 0.00000259. The number of imidazole rings is 1. The SMILES string of the molecule is CN1CC(F)C(Nc2cccn3c(SC(F)(F)F)c(C#CCN)nc23)C(CCOCCOCCn2cc(C=O)cn2)C1.CO. The summed E-state index contributed by atoms with van der Waals surface area (Å²) in [6, 6.07) is 2.65. The van der Waals surface area contributed by atoms with Crippen LogP contribution in [-0.2, 0) is 16.0 Å². The number of carbonyl (C=O) groups is 1. The van der Waals surface area contributed by atoms with Gasteiger partial charge in [0.2, 0.25) is 0 Å². The molecule has 1 saturated heterocycles. The number of aromatic nitrogens is 4. The number of piperidine rings is 1. The zero-order valence-corrected chi connectivity index (χ0v) is 25.3. The molecule has 3 aromatic heterocycles. The first-order chi connectivity index (χ1) is 21.2. The van der Waals surface area contributed by atoms with Crippen molar-refractivity contribution in [2.45, 2.75) is 35.7 Å². The molecule has 16 heteroatoms. The third kappa shape index (κ3) is 10.2. The second-order valence-corrected chi connectivity index (χ2v) is 10.8. The number of likely N-dealkylation sites (tertiary alicyclic amines) is 1. The van der Waals surface area contributed by atoms with Crippen molar-refractivity contribution in [3.63, 3.8) is 0 Å². The van der Waals surface area contributed by atoms with Gasteiger partial charge in [0.1, 0.15) is 16.9 Å². The van der Waals surface area contributed by atoms with E-state index < -0.39 is 17.7 Å². The Labute approximate surface area is 257 Å². The molecule has 1 aliphatic heterocycles. The maximum absolute atomic E-state index is 15.4. The van der Waals surface area contributed by atoms with E-state index in [-0.39, 0.29) is 47.1 Å². The van der Waals surface area contributed by atoms with Gasteiger partial charge in [0.15, 0.2) is 11.9 Å². The molecule has 11 nitrogen and oxygen atoms in total. The lowest BCUT2D eigenvalue weighted by Crippen LogP contribution is -2.53. The van der Waals surface area contributed by atoms with Crippen molar-refractivity contribution >= 4 is 29.4 Å². The zero-order valence-electron chi connectivity index (χ0n) is 24.5. The third-order valence-electron chi connectivity index (χ3n) is 6.64. The second-order valence-electron chi connectivity index (χ2n) is 9.77. The number of hydrogen-bond acceptors (Lipinski definition) is 10. The number of nitrogens with two attached hydrogens (primary N) is 1. The molecule has 0 amide bonds. The minimum absolute atomic E-state index is 0.0291. The minimum atomic E-state index is -4.55. The molecule has 1 fully saturated rings. The summed E-state index contributed by atoms with van der Waals surface area (Å²) < 4.78 is 69.6. The molecule has 0 saturated carbocycles. The average Bonchev–Trinajstić information content (AvgIpc) is 3.60. The normalized spacial score (nSPS) is 18.8. The van der Waals surface area contributed by atoms with Gasteiger partial charge < -0.3 is 30.5 Å². The van der Waals surface area contributed by atoms with Crippen LogP contribution in [0.5, 0.6) is 0 Å². The molecule has 4 N–H and O–H groups in total. The molecule has 1 aliphatic rings. The van der Waals surface area contributed by atoms with Crippen LogP contribution >= 0.6 is 11.8 Å². The molecular weight excluding hydrogens is 606 g/mol. The van der Waals surface area contributed by atoms with Crippen molar-refractivity contribution in [3.8, 4) is 11.8 Å². The third-order valence-corrected chi connectivity index (χ3v) is 7.45. The molecule has 3 atom stereocenters. The minimum Gasteiger partial charge on any atom is -0.400 e. The van der Waals surface area contributed by atoms with Crippen molar-refractivity contribution in [3.05, 3.63) is 42.0 Å². The van der Waals surface area contributed by atoms with Gasteiger partial charge in [0, 0.05) is 51.0 Å². The summed E-state index contributed by atoms with van der Waals surface area (Å²) in [5.41, 5.74) is 1.98. The number of fused-ring (bicyclic) bond motifs is 1. The number of halogens is 4. The van der Waals surface area contributed by atoms with Gasteiger partial charge in [-0.1, -0.05) is 5.92 Å². The monoisotopic (exact) mass is 643 g/mol. The molecule has 4 rings (SSSR count). The number of rotatable bonds is 13. The number of anilines is 1. The Hall–Kier alpha value is -3.20. The van der Waals surface area contributed by atoms with Gasteiger partial charge in [0.25, 0.3) is 0 Å². The number of ether oxygens (including phenoxy) is 2. The lowest BCUT2D eigenvalue weighted by molar-refractivity contribution is -0.0330. The summed E-state index contributed by atoms with van der Waals surface area (Å²) in [4.78, 5) is 17.0. The van der Waals surface area contributed by atoms with Crippen LogP contribution in [0.1, 0.15) is 22.5 Å². The highest BCUT2D eigenvalue weighted by Crippen LogP contribution is 2.40. The maximum Gasteiger partial charge on any atom is 0.447 e. The number of aliphatic hydroxyl groups excluding tert-OH is 1. The highest BCUT2D eigenvalue weighted by molar-refractivity contribution is 8.00. The van der Waals surface area contributed by atoms with E-state index in [1.165, 1.54) is 16.8 Å². The number of nitrogens with one attached hydrogen (secondary N) is 1. The van der Waals surface area contributed by atoms with Crippen LogP contribution in [0.4, 0.5) is 23.2 Å². The van der Waals surface area contributed by atoms with Crippen molar-refractivity contribution in [2.24, 2.45) is 11.7 Å². The van der Waals surface area contributed by atoms with Crippen LogP contribution in [-0.4, -0.2) is 113 Å². The van der Waals surface area contributed by atoms with E-state index in [1.807, 2.05) is 11.9 Å². The average molecular weight is 644 g/mol. The van der Waals surface area contributed by atoms with Crippen LogP contribution in [0.15, 0.2) is 35.7 Å². The first-order valence-electron chi connectivity index (χ1n) is 13.8. The Morgan fingerprint density at radius 2 is 1.98 bits per heavy atom. The van der Waals surface area contributed by atoms with Crippen molar-refractivity contribution in [1.29, 1.82) is 0 Å². The number of aldehydes is 1. The molecule has 242 valence electrons. The molecule has 4 heterocycles. The lowest BCUT2D eigenvalue weighted by atomic mass is 9.88. The van der Waals surface area contributed by atoms with E-state index in [2.05, 4.69) is 27.2 Å². The molecule has 3 aromatic rings. The molecule has 0 aromatic carbocycles. The van der Waals surface area contributed by atoms with E-state index in [1.54, 1.807) is 23.0 Å². The highest BCUT2D eigenvalue weighted by Gasteiger charge is 2.37. The van der Waals surface area contributed by atoms with E-state index in [9.17, 15) is 18.0 Å². The second kappa shape index (κ2) is 17.3. The predicted octanol–water partition coefficient (Wildman–Crippen LogP) is 2.68. The van der Waals surface area contributed by atoms with Crippen LogP contribution in [0, 0.1) is 17.8 Å². The molecule has 44 heavy (non-hydrogen) atoms. The first-order valence-corrected chi connectivity index (χ1v) is 14.6. The summed E-state index contributed by atoms with van der Waals surface area (Å²) in [6.07, 6.45) is 4.66. The van der Waals surface area contributed by atoms with E-state index >= 15 is 4.39 Å². The lowest BCUT2D eigenvalue weighted by Gasteiger charge is -2.40. The standard InChI is InChI=1S/C27H33F4N7O3S.CH4O/c1-36-16-20(6-10-40-12-13-41-11-9-37-15-19(18-39)14-33-37)24(21(28)17-36)34-22-5-3-8-38-25(22)35-23(4-2-7-32)26(38)42-27(29,30)31;1-2/h3,5,8,14-15,18,20-21,24,34H,6-7,9-13,16-17,32H2,1H3;2H,1H3. The number of nitrogens with zero attached hydrogens (tertiary/aromatic N) is 5. The van der Waals surface area contributed by atoms with Crippen molar-refractivity contribution < 1.29 is 36.9 Å². The van der Waals surface area contributed by atoms with Crippen LogP contribution < -0.4 is 11.1 Å². The summed E-state index contributed by atoms with van der Waals surface area (Å²) in [7, 11) is 2.85. The van der Waals surface area contributed by atoms with Crippen LogP contribution in [0.3, 0.4) is 0 Å². The van der Waals surface area contributed by atoms with Gasteiger partial charge in [-0.05, 0) is 37.4 Å². The number of hydrogen-bond donors (Lipinski definition) is 3. The smallest absolute Gasteiger partial charge is 0.400 e. The van der Waals surface area contributed by atoms with Gasteiger partial charge >= 0.3 is 5.51 Å². The Morgan fingerprint density at radius 1 is 1.23 bits per heavy atom. The molecular formula is C28H37F4N7O4S. The molecule has 0 spiro atoms. The topological polar surface area (TPSA) is 132 Å². The number of aliphatic hydroxyl groups is 1. The predicted molar refractivity (Wildman–Crippen MR) is 158 cm³/mol. The summed E-state index contributed by atoms with van der Waals surface area (Å²) in [6.45, 7) is 2.83. The summed E-state index contributed by atoms with van der Waals surface area (Å²) >= 11 is -0.304. The fourth-order valence-electron chi connectivity index (χ4n) is 4.81. The van der Waals surface area contributed by atoms with Gasteiger partial charge in [0.05, 0.1) is 56.4 Å². The Morgan fingerprint density at radius 3 is 2.66 bits per heavy atom.